The number of nitrogens with zero attached hydrogens (tertiary/aromatic N) is 2. The van der Waals surface area contributed by atoms with Crippen molar-refractivity contribution in [3.8, 4) is 0 Å². The first-order valence-corrected chi connectivity index (χ1v) is 12.7. The van der Waals surface area contributed by atoms with Gasteiger partial charge in [0.1, 0.15) is 11.9 Å². The molecular weight excluding hydrogens is 463 g/mol. The Morgan fingerprint density at radius 2 is 1.89 bits per heavy atom. The molecule has 3 aromatic rings. The molecule has 1 fully saturated rings. The van der Waals surface area contributed by atoms with Crippen molar-refractivity contribution in [3.05, 3.63) is 93.4 Å². The molecule has 6 nitrogen and oxygen atoms in total. The highest BCUT2D eigenvalue weighted by Crippen LogP contribution is 2.28. The van der Waals surface area contributed by atoms with E-state index in [0.29, 0.717) is 38.2 Å². The first kappa shape index (κ1) is 25.0. The number of hydrogen-bond donors (Lipinski definition) is 2. The molecule has 0 radical (unpaired) electrons. The zero-order valence-corrected chi connectivity index (χ0v) is 20.6. The quantitative estimate of drug-likeness (QED) is 0.477. The van der Waals surface area contributed by atoms with E-state index in [1.807, 2.05) is 18.2 Å². The maximum absolute atomic E-state index is 13.5. The molecule has 2 unspecified atom stereocenters. The summed E-state index contributed by atoms with van der Waals surface area (Å²) in [7, 11) is 0. The van der Waals surface area contributed by atoms with Crippen molar-refractivity contribution in [3.63, 3.8) is 0 Å². The van der Waals surface area contributed by atoms with Crippen LogP contribution in [0, 0.1) is 12.7 Å². The van der Waals surface area contributed by atoms with E-state index in [4.69, 9.17) is 5.73 Å². The zero-order valence-electron chi connectivity index (χ0n) is 19.8. The third-order valence-electron chi connectivity index (χ3n) is 6.47. The van der Waals surface area contributed by atoms with Gasteiger partial charge in [-0.3, -0.25) is 14.5 Å². The van der Waals surface area contributed by atoms with Crippen LogP contribution in [0.15, 0.2) is 66.0 Å². The highest BCUT2D eigenvalue weighted by molar-refractivity contribution is 7.09. The van der Waals surface area contributed by atoms with Gasteiger partial charge in [-0.05, 0) is 60.2 Å². The van der Waals surface area contributed by atoms with Crippen LogP contribution in [0.25, 0.3) is 0 Å². The predicted molar refractivity (Wildman–Crippen MR) is 136 cm³/mol. The highest BCUT2D eigenvalue weighted by Gasteiger charge is 2.42. The lowest BCUT2D eigenvalue weighted by Gasteiger charge is -2.29. The lowest BCUT2D eigenvalue weighted by molar-refractivity contribution is -0.124. The van der Waals surface area contributed by atoms with Gasteiger partial charge in [0.15, 0.2) is 0 Å². The van der Waals surface area contributed by atoms with Gasteiger partial charge in [0, 0.05) is 49.2 Å². The SMILES string of the molecule is Cc1ccccc1CN(Cc1cccs1)C1CC(C(=O)NCCN)N(C(=O)c2ccc(F)cc2)C1. The van der Waals surface area contributed by atoms with Crippen molar-refractivity contribution < 1.29 is 14.0 Å². The summed E-state index contributed by atoms with van der Waals surface area (Å²) in [6.07, 6.45) is 0.514. The number of thiophene rings is 1. The number of benzene rings is 2. The lowest BCUT2D eigenvalue weighted by Crippen LogP contribution is -2.47. The van der Waals surface area contributed by atoms with E-state index in [9.17, 15) is 14.0 Å². The summed E-state index contributed by atoms with van der Waals surface area (Å²) in [6.45, 7) is 4.62. The second-order valence-corrected chi connectivity index (χ2v) is 9.89. The van der Waals surface area contributed by atoms with Crippen molar-refractivity contribution >= 4 is 23.2 Å². The summed E-state index contributed by atoms with van der Waals surface area (Å²) < 4.78 is 13.5. The fourth-order valence-electron chi connectivity index (χ4n) is 4.55. The van der Waals surface area contributed by atoms with Gasteiger partial charge < -0.3 is 16.0 Å². The monoisotopic (exact) mass is 494 g/mol. The topological polar surface area (TPSA) is 78.7 Å². The number of carbonyl (C=O) groups is 2. The molecule has 0 saturated carbocycles. The largest absolute Gasteiger partial charge is 0.353 e. The van der Waals surface area contributed by atoms with E-state index >= 15 is 0 Å². The molecule has 2 atom stereocenters. The third kappa shape index (κ3) is 6.14. The van der Waals surface area contributed by atoms with Crippen molar-refractivity contribution in [1.29, 1.82) is 0 Å². The summed E-state index contributed by atoms with van der Waals surface area (Å²) in [5.74, 6) is -0.883. The van der Waals surface area contributed by atoms with Gasteiger partial charge in [0.05, 0.1) is 0 Å². The first-order chi connectivity index (χ1) is 17.0. The predicted octanol–water partition coefficient (Wildman–Crippen LogP) is 3.56. The zero-order chi connectivity index (χ0) is 24.8. The van der Waals surface area contributed by atoms with Gasteiger partial charge in [-0.25, -0.2) is 4.39 Å². The van der Waals surface area contributed by atoms with Gasteiger partial charge in [-0.2, -0.15) is 0 Å². The molecule has 2 amide bonds. The molecule has 4 rings (SSSR count). The second-order valence-electron chi connectivity index (χ2n) is 8.86. The van der Waals surface area contributed by atoms with Gasteiger partial charge in [0.2, 0.25) is 5.91 Å². The van der Waals surface area contributed by atoms with Gasteiger partial charge in [-0.15, -0.1) is 11.3 Å². The van der Waals surface area contributed by atoms with Crippen molar-refractivity contribution in [2.24, 2.45) is 5.73 Å². The average Bonchev–Trinajstić information content (AvgIpc) is 3.54. The number of halogens is 1. The van der Waals surface area contributed by atoms with E-state index in [-0.39, 0.29) is 17.9 Å². The number of rotatable bonds is 9. The summed E-state index contributed by atoms with van der Waals surface area (Å²) in [6, 6.07) is 17.3. The minimum absolute atomic E-state index is 0.0188. The maximum Gasteiger partial charge on any atom is 0.254 e. The fourth-order valence-corrected chi connectivity index (χ4v) is 5.28. The molecule has 0 bridgehead atoms. The molecule has 2 aromatic carbocycles. The number of amides is 2. The number of nitrogens with one attached hydrogen (secondary N) is 1. The van der Waals surface area contributed by atoms with E-state index in [1.165, 1.54) is 40.3 Å². The molecule has 0 spiro atoms. The molecule has 8 heteroatoms. The van der Waals surface area contributed by atoms with Crippen molar-refractivity contribution in [2.45, 2.75) is 38.5 Å². The Balaban J connectivity index is 1.62. The number of carbonyl (C=O) groups excluding carboxylic acids is 2. The van der Waals surface area contributed by atoms with Crippen LogP contribution in [0.4, 0.5) is 4.39 Å². The second kappa shape index (κ2) is 11.6. The molecular formula is C27H31FN4O2S. The molecule has 0 aliphatic carbocycles. The summed E-state index contributed by atoms with van der Waals surface area (Å²) in [5, 5.41) is 4.91. The third-order valence-corrected chi connectivity index (χ3v) is 7.33. The first-order valence-electron chi connectivity index (χ1n) is 11.8. The van der Waals surface area contributed by atoms with E-state index in [0.717, 1.165) is 6.54 Å². The summed E-state index contributed by atoms with van der Waals surface area (Å²) in [4.78, 5) is 31.7. The van der Waals surface area contributed by atoms with Gasteiger partial charge >= 0.3 is 0 Å². The van der Waals surface area contributed by atoms with Gasteiger partial charge in [0.25, 0.3) is 5.91 Å². The molecule has 184 valence electrons. The molecule has 35 heavy (non-hydrogen) atoms. The molecule has 1 aromatic heterocycles. The molecule has 1 saturated heterocycles. The number of hydrogen-bond acceptors (Lipinski definition) is 5. The molecule has 2 heterocycles. The van der Waals surface area contributed by atoms with E-state index < -0.39 is 11.9 Å². The van der Waals surface area contributed by atoms with Crippen molar-refractivity contribution in [1.82, 2.24) is 15.1 Å². The number of aryl methyl sites for hydroxylation is 1. The minimum Gasteiger partial charge on any atom is -0.353 e. The van der Waals surface area contributed by atoms with Crippen LogP contribution in [-0.2, 0) is 17.9 Å². The van der Waals surface area contributed by atoms with Crippen LogP contribution in [0.3, 0.4) is 0 Å². The van der Waals surface area contributed by atoms with E-state index in [1.54, 1.807) is 16.2 Å². The number of likely N-dealkylation sites (tertiary alicyclic amines) is 1. The Kier molecular flexibility index (Phi) is 8.28. The van der Waals surface area contributed by atoms with Gasteiger partial charge in [-0.1, -0.05) is 30.3 Å². The Morgan fingerprint density at radius 1 is 1.11 bits per heavy atom. The fraction of sp³-hybridized carbons (Fsp3) is 0.333. The normalized spacial score (nSPS) is 17.7. The standard InChI is InChI=1S/C27H31FN4O2S/c1-19-5-2-3-6-21(19)16-31(18-24-7-4-14-35-24)23-15-25(26(33)30-13-12-29)32(17-23)27(34)20-8-10-22(28)11-9-20/h2-11,14,23,25H,12-13,15-18,29H2,1H3,(H,30,33). The van der Waals surface area contributed by atoms with Crippen LogP contribution in [0.5, 0.6) is 0 Å². The summed E-state index contributed by atoms with van der Waals surface area (Å²) in [5.41, 5.74) is 8.38. The molecule has 1 aliphatic heterocycles. The lowest BCUT2D eigenvalue weighted by atomic mass is 10.1. The van der Waals surface area contributed by atoms with Crippen LogP contribution < -0.4 is 11.1 Å². The van der Waals surface area contributed by atoms with Crippen LogP contribution in [-0.4, -0.2) is 53.3 Å². The average molecular weight is 495 g/mol. The molecule has 1 aliphatic rings. The Hall–Kier alpha value is -3.07. The van der Waals surface area contributed by atoms with Crippen LogP contribution in [0.1, 0.15) is 32.8 Å². The van der Waals surface area contributed by atoms with E-state index in [2.05, 4.69) is 40.7 Å². The number of nitrogens with two attached hydrogens (primary N) is 1. The Bertz CT molecular complexity index is 1140. The minimum atomic E-state index is -0.619. The van der Waals surface area contributed by atoms with Crippen LogP contribution in [0.2, 0.25) is 0 Å². The summed E-state index contributed by atoms with van der Waals surface area (Å²) >= 11 is 1.70. The van der Waals surface area contributed by atoms with Crippen LogP contribution >= 0.6 is 11.3 Å². The maximum atomic E-state index is 13.5. The highest BCUT2D eigenvalue weighted by atomic mass is 32.1. The Morgan fingerprint density at radius 3 is 2.57 bits per heavy atom. The molecule has 3 N–H and O–H groups in total. The van der Waals surface area contributed by atoms with Crippen molar-refractivity contribution in [2.75, 3.05) is 19.6 Å². The Labute approximate surface area is 209 Å². The smallest absolute Gasteiger partial charge is 0.254 e.